The van der Waals surface area contributed by atoms with E-state index in [1.807, 2.05) is 12.1 Å². The Hall–Kier alpha value is -1.75. The van der Waals surface area contributed by atoms with Crippen LogP contribution in [0.4, 0.5) is 11.4 Å². The minimum Gasteiger partial charge on any atom is -0.397 e. The highest BCUT2D eigenvalue weighted by molar-refractivity contribution is 5.96. The van der Waals surface area contributed by atoms with Crippen molar-refractivity contribution in [3.63, 3.8) is 0 Å². The summed E-state index contributed by atoms with van der Waals surface area (Å²) in [5, 5.41) is 2.76. The lowest BCUT2D eigenvalue weighted by Crippen LogP contribution is -2.39. The monoisotopic (exact) mass is 311 g/mol. The Morgan fingerprint density at radius 2 is 1.90 bits per heavy atom. The number of benzene rings is 1. The summed E-state index contributed by atoms with van der Waals surface area (Å²) in [7, 11) is 0. The molecule has 1 saturated heterocycles. The first-order valence-corrected chi connectivity index (χ1v) is 7.09. The number of likely N-dealkylation sites (tertiary alicyclic amines) is 1. The van der Waals surface area contributed by atoms with Crippen LogP contribution in [0.2, 0.25) is 0 Å². The highest BCUT2D eigenvalue weighted by Crippen LogP contribution is 2.17. The second-order valence-electron chi connectivity index (χ2n) is 5.11. The zero-order valence-electron chi connectivity index (χ0n) is 12.0. The number of halogens is 1. The van der Waals surface area contributed by atoms with E-state index in [0.29, 0.717) is 24.3 Å². The van der Waals surface area contributed by atoms with Crippen molar-refractivity contribution >= 4 is 35.6 Å². The molecule has 1 aliphatic heterocycles. The van der Waals surface area contributed by atoms with Gasteiger partial charge in [0, 0.05) is 13.0 Å². The van der Waals surface area contributed by atoms with Crippen LogP contribution in [0.15, 0.2) is 24.3 Å². The molecule has 0 radical (unpaired) electrons. The average molecular weight is 312 g/mol. The van der Waals surface area contributed by atoms with Gasteiger partial charge < -0.3 is 16.0 Å². The van der Waals surface area contributed by atoms with Gasteiger partial charge in [-0.1, -0.05) is 25.0 Å². The van der Waals surface area contributed by atoms with E-state index >= 15 is 0 Å². The predicted octanol–water partition coefficient (Wildman–Crippen LogP) is 2.42. The number of amides is 2. The fourth-order valence-corrected chi connectivity index (χ4v) is 2.36. The molecule has 116 valence electrons. The molecule has 0 bridgehead atoms. The van der Waals surface area contributed by atoms with Crippen molar-refractivity contribution in [1.29, 1.82) is 0 Å². The van der Waals surface area contributed by atoms with Gasteiger partial charge in [-0.2, -0.15) is 0 Å². The van der Waals surface area contributed by atoms with Crippen LogP contribution in [0.5, 0.6) is 0 Å². The zero-order valence-corrected chi connectivity index (χ0v) is 12.8. The summed E-state index contributed by atoms with van der Waals surface area (Å²) in [4.78, 5) is 25.6. The van der Waals surface area contributed by atoms with Gasteiger partial charge in [-0.15, -0.1) is 12.4 Å². The van der Waals surface area contributed by atoms with Crippen LogP contribution in [-0.2, 0) is 9.59 Å². The van der Waals surface area contributed by atoms with Crippen LogP contribution in [0.25, 0.3) is 0 Å². The maximum atomic E-state index is 12.0. The lowest BCUT2D eigenvalue weighted by molar-refractivity contribution is -0.135. The maximum Gasteiger partial charge on any atom is 0.244 e. The number of anilines is 2. The van der Waals surface area contributed by atoms with Crippen LogP contribution >= 0.6 is 12.4 Å². The SMILES string of the molecule is Cl.Nc1ccccc1NC(=O)CN1CCCCCCC1=O. The van der Waals surface area contributed by atoms with Crippen molar-refractivity contribution in [2.24, 2.45) is 0 Å². The number of carbonyl (C=O) groups excluding carboxylic acids is 2. The molecule has 1 aromatic rings. The van der Waals surface area contributed by atoms with Crippen LogP contribution in [0, 0.1) is 0 Å². The number of rotatable bonds is 3. The largest absolute Gasteiger partial charge is 0.397 e. The second-order valence-corrected chi connectivity index (χ2v) is 5.11. The summed E-state index contributed by atoms with van der Waals surface area (Å²) in [6.45, 7) is 0.768. The molecule has 5 nitrogen and oxygen atoms in total. The molecule has 2 rings (SSSR count). The third-order valence-corrected chi connectivity index (χ3v) is 3.49. The van der Waals surface area contributed by atoms with Crippen LogP contribution < -0.4 is 11.1 Å². The topological polar surface area (TPSA) is 75.4 Å². The number of nitrogens with one attached hydrogen (secondary N) is 1. The van der Waals surface area contributed by atoms with Gasteiger partial charge in [0.05, 0.1) is 17.9 Å². The van der Waals surface area contributed by atoms with E-state index in [9.17, 15) is 9.59 Å². The third kappa shape index (κ3) is 5.27. The Balaban J connectivity index is 0.00000220. The van der Waals surface area contributed by atoms with Crippen LogP contribution in [-0.4, -0.2) is 29.8 Å². The van der Waals surface area contributed by atoms with E-state index in [2.05, 4.69) is 5.32 Å². The molecule has 1 heterocycles. The van der Waals surface area contributed by atoms with E-state index in [1.54, 1.807) is 17.0 Å². The van der Waals surface area contributed by atoms with Crippen molar-refractivity contribution < 1.29 is 9.59 Å². The number of hydrogen-bond acceptors (Lipinski definition) is 3. The summed E-state index contributed by atoms with van der Waals surface area (Å²) < 4.78 is 0. The van der Waals surface area contributed by atoms with Crippen LogP contribution in [0.1, 0.15) is 32.1 Å². The maximum absolute atomic E-state index is 12.0. The van der Waals surface area contributed by atoms with Crippen molar-refractivity contribution in [3.05, 3.63) is 24.3 Å². The number of nitrogens with zero attached hydrogens (tertiary/aromatic N) is 1. The summed E-state index contributed by atoms with van der Waals surface area (Å²) >= 11 is 0. The fraction of sp³-hybridized carbons (Fsp3) is 0.467. The van der Waals surface area contributed by atoms with Gasteiger partial charge in [-0.3, -0.25) is 9.59 Å². The molecule has 1 aromatic carbocycles. The zero-order chi connectivity index (χ0) is 14.4. The van der Waals surface area contributed by atoms with Crippen molar-refractivity contribution in [2.75, 3.05) is 24.1 Å². The second kappa shape index (κ2) is 8.52. The summed E-state index contributed by atoms with van der Waals surface area (Å²) in [5.74, 6) is -0.127. The molecule has 6 heteroatoms. The van der Waals surface area contributed by atoms with Gasteiger partial charge in [-0.05, 0) is 25.0 Å². The van der Waals surface area contributed by atoms with Gasteiger partial charge >= 0.3 is 0 Å². The van der Waals surface area contributed by atoms with E-state index in [-0.39, 0.29) is 30.8 Å². The van der Waals surface area contributed by atoms with E-state index in [4.69, 9.17) is 5.73 Å². The molecule has 1 fully saturated rings. The summed E-state index contributed by atoms with van der Waals surface area (Å²) in [6, 6.07) is 7.11. The smallest absolute Gasteiger partial charge is 0.244 e. The number of hydrogen-bond donors (Lipinski definition) is 2. The molecule has 2 amide bonds. The van der Waals surface area contributed by atoms with Crippen molar-refractivity contribution in [3.8, 4) is 0 Å². The third-order valence-electron chi connectivity index (χ3n) is 3.49. The molecule has 0 saturated carbocycles. The first kappa shape index (κ1) is 17.3. The lowest BCUT2D eigenvalue weighted by Gasteiger charge is -2.24. The molecule has 0 aliphatic carbocycles. The molecular formula is C15H22ClN3O2. The summed E-state index contributed by atoms with van der Waals surface area (Å²) in [5.41, 5.74) is 6.90. The van der Waals surface area contributed by atoms with Crippen molar-refractivity contribution in [2.45, 2.75) is 32.1 Å². The minimum absolute atomic E-state index is 0. The Morgan fingerprint density at radius 1 is 1.19 bits per heavy atom. The Morgan fingerprint density at radius 3 is 2.67 bits per heavy atom. The van der Waals surface area contributed by atoms with Gasteiger partial charge in [0.2, 0.25) is 11.8 Å². The fourth-order valence-electron chi connectivity index (χ4n) is 2.36. The number of nitrogens with two attached hydrogens (primary N) is 1. The quantitative estimate of drug-likeness (QED) is 0.842. The number of nitrogen functional groups attached to an aromatic ring is 1. The Kier molecular flexibility index (Phi) is 7.02. The molecular weight excluding hydrogens is 290 g/mol. The molecule has 3 N–H and O–H groups in total. The Bertz CT molecular complexity index is 494. The van der Waals surface area contributed by atoms with Gasteiger partial charge in [0.25, 0.3) is 0 Å². The van der Waals surface area contributed by atoms with E-state index in [1.165, 1.54) is 0 Å². The number of carbonyl (C=O) groups is 2. The highest BCUT2D eigenvalue weighted by Gasteiger charge is 2.18. The van der Waals surface area contributed by atoms with Gasteiger partial charge in [0.15, 0.2) is 0 Å². The molecule has 0 atom stereocenters. The lowest BCUT2D eigenvalue weighted by atomic mass is 10.1. The standard InChI is InChI=1S/C15H21N3O2.ClH/c16-12-7-4-5-8-13(12)17-14(19)11-18-10-6-2-1-3-9-15(18)20;/h4-5,7-8H,1-3,6,9-11,16H2,(H,17,19);1H. The van der Waals surface area contributed by atoms with Gasteiger partial charge in [-0.25, -0.2) is 0 Å². The average Bonchev–Trinajstić information content (AvgIpc) is 2.41. The van der Waals surface area contributed by atoms with Gasteiger partial charge in [0.1, 0.15) is 0 Å². The van der Waals surface area contributed by atoms with Crippen LogP contribution in [0.3, 0.4) is 0 Å². The molecule has 0 spiro atoms. The first-order valence-electron chi connectivity index (χ1n) is 7.09. The predicted molar refractivity (Wildman–Crippen MR) is 86.4 cm³/mol. The number of para-hydroxylation sites is 2. The molecule has 0 unspecified atom stereocenters. The van der Waals surface area contributed by atoms with E-state index in [0.717, 1.165) is 25.7 Å². The first-order chi connectivity index (χ1) is 9.66. The summed E-state index contributed by atoms with van der Waals surface area (Å²) in [6.07, 6.45) is 4.65. The van der Waals surface area contributed by atoms with Crippen molar-refractivity contribution in [1.82, 2.24) is 4.90 Å². The normalized spacial score (nSPS) is 15.6. The minimum atomic E-state index is -0.197. The molecule has 21 heavy (non-hydrogen) atoms. The molecule has 1 aliphatic rings. The Labute approximate surface area is 131 Å². The molecule has 0 aromatic heterocycles. The highest BCUT2D eigenvalue weighted by atomic mass is 35.5. The van der Waals surface area contributed by atoms with E-state index < -0.39 is 0 Å².